The summed E-state index contributed by atoms with van der Waals surface area (Å²) >= 11 is 0. The third-order valence-corrected chi connectivity index (χ3v) is 2.31. The first-order chi connectivity index (χ1) is 6.77. The maximum atomic E-state index is 11.2. The Morgan fingerprint density at radius 1 is 1.57 bits per heavy atom. The zero-order valence-electron chi connectivity index (χ0n) is 7.93. The predicted octanol–water partition coefficient (Wildman–Crippen LogP) is 1.93. The van der Waals surface area contributed by atoms with E-state index in [9.17, 15) is 4.79 Å². The Balaban J connectivity index is 2.28. The van der Waals surface area contributed by atoms with E-state index >= 15 is 0 Å². The molecular formula is C11H11NO2. The van der Waals surface area contributed by atoms with Crippen LogP contribution in [0.4, 0.5) is 0 Å². The van der Waals surface area contributed by atoms with Gasteiger partial charge in [-0.05, 0) is 18.6 Å². The molecule has 0 amide bonds. The number of rotatable bonds is 1. The van der Waals surface area contributed by atoms with E-state index in [-0.39, 0.29) is 11.9 Å². The first-order valence-electron chi connectivity index (χ1n) is 4.53. The van der Waals surface area contributed by atoms with Crippen LogP contribution in [-0.4, -0.2) is 10.8 Å². The Hall–Kier alpha value is -1.64. The van der Waals surface area contributed by atoms with Gasteiger partial charge < -0.3 is 4.74 Å². The molecule has 14 heavy (non-hydrogen) atoms. The molecule has 1 aromatic heterocycles. The zero-order valence-corrected chi connectivity index (χ0v) is 7.93. The van der Waals surface area contributed by atoms with Gasteiger partial charge in [0.25, 0.3) is 0 Å². The third-order valence-electron chi connectivity index (χ3n) is 2.31. The van der Waals surface area contributed by atoms with Crippen LogP contribution in [0.25, 0.3) is 0 Å². The average molecular weight is 189 g/mol. The molecular weight excluding hydrogens is 178 g/mol. The van der Waals surface area contributed by atoms with Gasteiger partial charge in [-0.25, -0.2) is 0 Å². The zero-order chi connectivity index (χ0) is 9.97. The summed E-state index contributed by atoms with van der Waals surface area (Å²) in [5.41, 5.74) is 2.10. The monoisotopic (exact) mass is 189 g/mol. The van der Waals surface area contributed by atoms with Gasteiger partial charge in [0.05, 0.1) is 12.7 Å². The summed E-state index contributed by atoms with van der Waals surface area (Å²) in [6, 6.07) is 1.92. The normalized spacial score (nSPS) is 20.6. The minimum absolute atomic E-state index is 0.101. The second kappa shape index (κ2) is 3.62. The van der Waals surface area contributed by atoms with Crippen LogP contribution >= 0.6 is 0 Å². The second-order valence-corrected chi connectivity index (χ2v) is 3.33. The van der Waals surface area contributed by atoms with Gasteiger partial charge in [-0.3, -0.25) is 9.78 Å². The van der Waals surface area contributed by atoms with Crippen molar-refractivity contribution in [3.63, 3.8) is 0 Å². The van der Waals surface area contributed by atoms with E-state index in [4.69, 9.17) is 4.74 Å². The van der Waals surface area contributed by atoms with Gasteiger partial charge in [-0.2, -0.15) is 0 Å². The van der Waals surface area contributed by atoms with E-state index in [1.54, 1.807) is 12.4 Å². The first kappa shape index (κ1) is 8.94. The molecule has 1 aromatic rings. The molecule has 1 aliphatic heterocycles. The molecule has 1 unspecified atom stereocenters. The number of pyridine rings is 1. The van der Waals surface area contributed by atoms with Crippen LogP contribution in [0.1, 0.15) is 23.7 Å². The van der Waals surface area contributed by atoms with Gasteiger partial charge in [0.15, 0.2) is 5.78 Å². The van der Waals surface area contributed by atoms with Gasteiger partial charge in [0.1, 0.15) is 6.10 Å². The van der Waals surface area contributed by atoms with E-state index in [0.29, 0.717) is 6.42 Å². The van der Waals surface area contributed by atoms with Crippen molar-refractivity contribution in [2.24, 2.45) is 0 Å². The molecule has 0 fully saturated rings. The molecule has 0 bridgehead atoms. The SMILES string of the molecule is Cc1ccncc1C1CC(=O)C=CO1. The molecule has 0 aromatic carbocycles. The van der Waals surface area contributed by atoms with Crippen molar-refractivity contribution in [2.75, 3.05) is 0 Å². The fraction of sp³-hybridized carbons (Fsp3) is 0.273. The quantitative estimate of drug-likeness (QED) is 0.677. The number of hydrogen-bond acceptors (Lipinski definition) is 3. The Morgan fingerprint density at radius 2 is 2.43 bits per heavy atom. The first-order valence-corrected chi connectivity index (χ1v) is 4.53. The number of allylic oxidation sites excluding steroid dienone is 1. The number of aromatic nitrogens is 1. The van der Waals surface area contributed by atoms with Crippen LogP contribution in [0.3, 0.4) is 0 Å². The van der Waals surface area contributed by atoms with Crippen LogP contribution < -0.4 is 0 Å². The summed E-state index contributed by atoms with van der Waals surface area (Å²) in [6.07, 6.45) is 6.65. The fourth-order valence-electron chi connectivity index (χ4n) is 1.51. The Morgan fingerprint density at radius 3 is 3.14 bits per heavy atom. The van der Waals surface area contributed by atoms with E-state index in [2.05, 4.69) is 4.98 Å². The molecule has 0 radical (unpaired) electrons. The van der Waals surface area contributed by atoms with Crippen molar-refractivity contribution in [2.45, 2.75) is 19.4 Å². The Kier molecular flexibility index (Phi) is 2.31. The van der Waals surface area contributed by atoms with E-state index in [1.807, 2.05) is 13.0 Å². The number of hydrogen-bond donors (Lipinski definition) is 0. The van der Waals surface area contributed by atoms with Crippen molar-refractivity contribution in [3.05, 3.63) is 41.9 Å². The molecule has 0 spiro atoms. The molecule has 72 valence electrons. The number of carbonyl (C=O) groups excluding carboxylic acids is 1. The smallest absolute Gasteiger partial charge is 0.162 e. The van der Waals surface area contributed by atoms with Crippen molar-refractivity contribution >= 4 is 5.78 Å². The van der Waals surface area contributed by atoms with Gasteiger partial charge in [-0.1, -0.05) is 0 Å². The van der Waals surface area contributed by atoms with Crippen molar-refractivity contribution in [1.82, 2.24) is 4.98 Å². The number of nitrogens with zero attached hydrogens (tertiary/aromatic N) is 1. The molecule has 0 aliphatic carbocycles. The van der Waals surface area contributed by atoms with Gasteiger partial charge in [0, 0.05) is 24.0 Å². The van der Waals surface area contributed by atoms with Crippen LogP contribution in [0.2, 0.25) is 0 Å². The molecule has 0 saturated heterocycles. The van der Waals surface area contributed by atoms with Crippen molar-refractivity contribution in [3.8, 4) is 0 Å². The molecule has 0 saturated carbocycles. The molecule has 2 rings (SSSR count). The number of ether oxygens (including phenoxy) is 1. The van der Waals surface area contributed by atoms with Crippen molar-refractivity contribution < 1.29 is 9.53 Å². The van der Waals surface area contributed by atoms with E-state index < -0.39 is 0 Å². The van der Waals surface area contributed by atoms with Gasteiger partial charge in [0.2, 0.25) is 0 Å². The van der Waals surface area contributed by atoms with E-state index in [0.717, 1.165) is 11.1 Å². The minimum atomic E-state index is -0.166. The van der Waals surface area contributed by atoms with E-state index in [1.165, 1.54) is 12.3 Å². The molecule has 1 atom stereocenters. The summed E-state index contributed by atoms with van der Waals surface area (Å²) in [4.78, 5) is 15.2. The fourth-order valence-corrected chi connectivity index (χ4v) is 1.51. The molecule has 3 heteroatoms. The summed E-state index contributed by atoms with van der Waals surface area (Å²) < 4.78 is 5.37. The predicted molar refractivity (Wildman–Crippen MR) is 51.6 cm³/mol. The lowest BCUT2D eigenvalue weighted by atomic mass is 10.0. The van der Waals surface area contributed by atoms with Crippen LogP contribution in [0.15, 0.2) is 30.8 Å². The van der Waals surface area contributed by atoms with Crippen LogP contribution in [-0.2, 0) is 9.53 Å². The number of aryl methyl sites for hydroxylation is 1. The third kappa shape index (κ3) is 1.66. The molecule has 3 nitrogen and oxygen atoms in total. The topological polar surface area (TPSA) is 39.2 Å². The summed E-state index contributed by atoms with van der Waals surface area (Å²) in [5, 5.41) is 0. The minimum Gasteiger partial charge on any atom is -0.493 e. The highest BCUT2D eigenvalue weighted by Crippen LogP contribution is 2.26. The number of ketones is 1. The standard InChI is InChI=1S/C11H11NO2/c1-8-2-4-12-7-10(8)11-6-9(13)3-5-14-11/h2-5,7,11H,6H2,1H3. The maximum Gasteiger partial charge on any atom is 0.162 e. The Labute approximate surface area is 82.4 Å². The lowest BCUT2D eigenvalue weighted by Crippen LogP contribution is -2.12. The van der Waals surface area contributed by atoms with Gasteiger partial charge in [-0.15, -0.1) is 0 Å². The number of carbonyl (C=O) groups is 1. The highest BCUT2D eigenvalue weighted by Gasteiger charge is 2.20. The highest BCUT2D eigenvalue weighted by atomic mass is 16.5. The van der Waals surface area contributed by atoms with Crippen LogP contribution in [0.5, 0.6) is 0 Å². The molecule has 0 N–H and O–H groups in total. The lowest BCUT2D eigenvalue weighted by molar-refractivity contribution is -0.118. The summed E-state index contributed by atoms with van der Waals surface area (Å²) in [7, 11) is 0. The maximum absolute atomic E-state index is 11.2. The van der Waals surface area contributed by atoms with Crippen molar-refractivity contribution in [1.29, 1.82) is 0 Å². The molecule has 1 aliphatic rings. The second-order valence-electron chi connectivity index (χ2n) is 3.33. The van der Waals surface area contributed by atoms with Gasteiger partial charge >= 0.3 is 0 Å². The van der Waals surface area contributed by atoms with Crippen LogP contribution in [0, 0.1) is 6.92 Å². The average Bonchev–Trinajstić information content (AvgIpc) is 2.18. The molecule has 2 heterocycles. The Bertz CT molecular complexity index is 385. The largest absolute Gasteiger partial charge is 0.493 e. The summed E-state index contributed by atoms with van der Waals surface area (Å²) in [6.45, 7) is 1.99. The summed E-state index contributed by atoms with van der Waals surface area (Å²) in [5.74, 6) is 0.101. The highest BCUT2D eigenvalue weighted by molar-refractivity contribution is 5.90. The lowest BCUT2D eigenvalue weighted by Gasteiger charge is -2.19.